The van der Waals surface area contributed by atoms with Crippen molar-refractivity contribution in [3.8, 4) is 11.3 Å². The van der Waals surface area contributed by atoms with Crippen LogP contribution in [0.1, 0.15) is 33.5 Å². The highest BCUT2D eigenvalue weighted by Crippen LogP contribution is 2.26. The predicted octanol–water partition coefficient (Wildman–Crippen LogP) is 4.26. The van der Waals surface area contributed by atoms with Gasteiger partial charge in [-0.05, 0) is 73.2 Å². The Hall–Kier alpha value is -3.28. The van der Waals surface area contributed by atoms with Gasteiger partial charge in [-0.1, -0.05) is 12.1 Å². The molecule has 0 saturated heterocycles. The molecule has 0 bridgehead atoms. The molecule has 142 valence electrons. The van der Waals surface area contributed by atoms with E-state index in [1.165, 1.54) is 11.6 Å². The summed E-state index contributed by atoms with van der Waals surface area (Å²) in [7, 11) is 0. The SMILES string of the molecule is Cc1ccc(-c2ccnc(NC3CCc4ccc(C(=O)O)cc4C3)n2)c(F)c1. The van der Waals surface area contributed by atoms with E-state index in [-0.39, 0.29) is 11.9 Å². The van der Waals surface area contributed by atoms with Crippen molar-refractivity contribution in [1.29, 1.82) is 0 Å². The lowest BCUT2D eigenvalue weighted by Crippen LogP contribution is -2.28. The number of hydrogen-bond acceptors (Lipinski definition) is 4. The minimum absolute atomic E-state index is 0.0923. The van der Waals surface area contributed by atoms with E-state index < -0.39 is 5.97 Å². The summed E-state index contributed by atoms with van der Waals surface area (Å²) in [6.07, 6.45) is 4.07. The van der Waals surface area contributed by atoms with Gasteiger partial charge in [0.2, 0.25) is 5.95 Å². The number of nitrogens with zero attached hydrogens (tertiary/aromatic N) is 2. The average molecular weight is 377 g/mol. The Balaban J connectivity index is 1.54. The molecule has 1 aliphatic carbocycles. The molecule has 1 heterocycles. The zero-order valence-corrected chi connectivity index (χ0v) is 15.4. The second kappa shape index (κ2) is 7.38. The van der Waals surface area contributed by atoms with Crippen molar-refractivity contribution in [3.05, 3.63) is 76.7 Å². The lowest BCUT2D eigenvalue weighted by atomic mass is 9.87. The zero-order chi connectivity index (χ0) is 19.7. The minimum atomic E-state index is -0.922. The monoisotopic (exact) mass is 377 g/mol. The Morgan fingerprint density at radius 3 is 2.82 bits per heavy atom. The normalized spacial score (nSPS) is 15.7. The summed E-state index contributed by atoms with van der Waals surface area (Å²) in [5.41, 5.74) is 4.34. The van der Waals surface area contributed by atoms with E-state index in [0.29, 0.717) is 29.2 Å². The quantitative estimate of drug-likeness (QED) is 0.711. The maximum atomic E-state index is 14.3. The molecule has 3 aromatic rings. The van der Waals surface area contributed by atoms with Crippen LogP contribution in [0.15, 0.2) is 48.7 Å². The van der Waals surface area contributed by atoms with Crippen LogP contribution in [0, 0.1) is 12.7 Å². The molecule has 2 N–H and O–H groups in total. The third kappa shape index (κ3) is 3.71. The van der Waals surface area contributed by atoms with Gasteiger partial charge < -0.3 is 10.4 Å². The Morgan fingerprint density at radius 2 is 2.04 bits per heavy atom. The van der Waals surface area contributed by atoms with Crippen molar-refractivity contribution < 1.29 is 14.3 Å². The molecule has 5 nitrogen and oxygen atoms in total. The molecule has 28 heavy (non-hydrogen) atoms. The van der Waals surface area contributed by atoms with Gasteiger partial charge in [-0.2, -0.15) is 0 Å². The average Bonchev–Trinajstić information content (AvgIpc) is 2.67. The largest absolute Gasteiger partial charge is 0.478 e. The number of anilines is 1. The van der Waals surface area contributed by atoms with Crippen molar-refractivity contribution in [1.82, 2.24) is 9.97 Å². The smallest absolute Gasteiger partial charge is 0.335 e. The number of halogens is 1. The molecule has 0 spiro atoms. The van der Waals surface area contributed by atoms with Crippen molar-refractivity contribution in [2.75, 3.05) is 5.32 Å². The fourth-order valence-corrected chi connectivity index (χ4v) is 3.60. The Morgan fingerprint density at radius 1 is 1.18 bits per heavy atom. The number of hydrogen-bond donors (Lipinski definition) is 2. The molecular weight excluding hydrogens is 357 g/mol. The lowest BCUT2D eigenvalue weighted by Gasteiger charge is -2.26. The van der Waals surface area contributed by atoms with Crippen LogP contribution < -0.4 is 5.32 Å². The van der Waals surface area contributed by atoms with Crippen LogP contribution in [0.2, 0.25) is 0 Å². The molecule has 0 radical (unpaired) electrons. The highest BCUT2D eigenvalue weighted by Gasteiger charge is 2.21. The number of aryl methyl sites for hydroxylation is 2. The molecule has 1 atom stereocenters. The van der Waals surface area contributed by atoms with E-state index >= 15 is 0 Å². The molecular formula is C22H20FN3O2. The summed E-state index contributed by atoms with van der Waals surface area (Å²) in [6.45, 7) is 1.84. The van der Waals surface area contributed by atoms with Gasteiger partial charge in [0.05, 0.1) is 11.3 Å². The Bertz CT molecular complexity index is 1050. The molecule has 0 fully saturated rings. The summed E-state index contributed by atoms with van der Waals surface area (Å²) in [4.78, 5) is 20.0. The fraction of sp³-hybridized carbons (Fsp3) is 0.227. The zero-order valence-electron chi connectivity index (χ0n) is 15.4. The number of rotatable bonds is 4. The summed E-state index contributed by atoms with van der Waals surface area (Å²) in [5, 5.41) is 12.5. The van der Waals surface area contributed by atoms with Crippen LogP contribution in [0.4, 0.5) is 10.3 Å². The molecule has 1 unspecified atom stereocenters. The minimum Gasteiger partial charge on any atom is -0.478 e. The predicted molar refractivity (Wildman–Crippen MR) is 105 cm³/mol. The van der Waals surface area contributed by atoms with Crippen LogP contribution in [-0.2, 0) is 12.8 Å². The highest BCUT2D eigenvalue weighted by molar-refractivity contribution is 5.88. The van der Waals surface area contributed by atoms with Crippen LogP contribution in [0.5, 0.6) is 0 Å². The summed E-state index contributed by atoms with van der Waals surface area (Å²) < 4.78 is 14.3. The van der Waals surface area contributed by atoms with E-state index in [1.54, 1.807) is 30.5 Å². The van der Waals surface area contributed by atoms with Gasteiger partial charge >= 0.3 is 5.97 Å². The number of benzene rings is 2. The van der Waals surface area contributed by atoms with Crippen LogP contribution in [-0.4, -0.2) is 27.1 Å². The fourth-order valence-electron chi connectivity index (χ4n) is 3.60. The molecule has 1 aliphatic rings. The topological polar surface area (TPSA) is 75.1 Å². The molecule has 6 heteroatoms. The van der Waals surface area contributed by atoms with Crippen LogP contribution >= 0.6 is 0 Å². The first-order valence-electron chi connectivity index (χ1n) is 9.21. The Labute approximate surface area is 162 Å². The van der Waals surface area contributed by atoms with E-state index in [0.717, 1.165) is 24.0 Å². The van der Waals surface area contributed by atoms with E-state index in [9.17, 15) is 14.3 Å². The third-order valence-corrected chi connectivity index (χ3v) is 5.07. The molecule has 0 saturated carbocycles. The van der Waals surface area contributed by atoms with Crippen molar-refractivity contribution >= 4 is 11.9 Å². The summed E-state index contributed by atoms with van der Waals surface area (Å²) in [6, 6.07) is 12.1. The van der Waals surface area contributed by atoms with E-state index in [2.05, 4.69) is 15.3 Å². The Kier molecular flexibility index (Phi) is 4.77. The molecule has 0 aliphatic heterocycles. The van der Waals surface area contributed by atoms with Crippen molar-refractivity contribution in [3.63, 3.8) is 0 Å². The van der Waals surface area contributed by atoms with E-state index in [1.807, 2.05) is 19.1 Å². The molecule has 1 aromatic heterocycles. The number of fused-ring (bicyclic) bond motifs is 1. The number of carbonyl (C=O) groups is 1. The molecule has 4 rings (SSSR count). The van der Waals surface area contributed by atoms with Crippen LogP contribution in [0.25, 0.3) is 11.3 Å². The first-order valence-corrected chi connectivity index (χ1v) is 9.21. The highest BCUT2D eigenvalue weighted by atomic mass is 19.1. The van der Waals surface area contributed by atoms with Crippen molar-refractivity contribution in [2.24, 2.45) is 0 Å². The van der Waals surface area contributed by atoms with Gasteiger partial charge in [-0.3, -0.25) is 0 Å². The maximum absolute atomic E-state index is 14.3. The number of carboxylic acids is 1. The molecule has 0 amide bonds. The summed E-state index contributed by atoms with van der Waals surface area (Å²) >= 11 is 0. The maximum Gasteiger partial charge on any atom is 0.335 e. The van der Waals surface area contributed by atoms with Gasteiger partial charge in [0.15, 0.2) is 0 Å². The first-order chi connectivity index (χ1) is 13.5. The van der Waals surface area contributed by atoms with Gasteiger partial charge in [0.25, 0.3) is 0 Å². The first kappa shape index (κ1) is 18.1. The number of aromatic carboxylic acids is 1. The van der Waals surface area contributed by atoms with Gasteiger partial charge in [0.1, 0.15) is 5.82 Å². The van der Waals surface area contributed by atoms with Crippen molar-refractivity contribution in [2.45, 2.75) is 32.2 Å². The number of aromatic nitrogens is 2. The standard InChI is InChI=1S/C22H20FN3O2/c1-13-2-7-18(19(23)10-13)20-8-9-24-22(26-20)25-17-6-5-14-3-4-15(21(27)28)11-16(14)12-17/h2-4,7-11,17H,5-6,12H2,1H3,(H,27,28)(H,24,25,26). The van der Waals surface area contributed by atoms with Gasteiger partial charge in [-0.15, -0.1) is 0 Å². The molecule has 2 aromatic carbocycles. The number of nitrogens with one attached hydrogen (secondary N) is 1. The lowest BCUT2D eigenvalue weighted by molar-refractivity contribution is 0.0696. The second-order valence-electron chi connectivity index (χ2n) is 7.12. The summed E-state index contributed by atoms with van der Waals surface area (Å²) in [5.74, 6) is -0.785. The third-order valence-electron chi connectivity index (χ3n) is 5.07. The van der Waals surface area contributed by atoms with Gasteiger partial charge in [0, 0.05) is 17.8 Å². The van der Waals surface area contributed by atoms with Gasteiger partial charge in [-0.25, -0.2) is 19.2 Å². The van der Waals surface area contributed by atoms with E-state index in [4.69, 9.17) is 0 Å². The second-order valence-corrected chi connectivity index (χ2v) is 7.12. The van der Waals surface area contributed by atoms with Crippen LogP contribution in [0.3, 0.4) is 0 Å². The number of carboxylic acid groups (broad SMARTS) is 1.